The number of rotatable bonds is 6. The second kappa shape index (κ2) is 8.13. The average molecular weight is 378 g/mol. The third-order valence-corrected chi connectivity index (χ3v) is 4.89. The second-order valence-electron chi connectivity index (χ2n) is 6.67. The van der Waals surface area contributed by atoms with Crippen LogP contribution in [0.1, 0.15) is 22.5 Å². The van der Waals surface area contributed by atoms with Crippen LogP contribution in [0.3, 0.4) is 0 Å². The van der Waals surface area contributed by atoms with E-state index in [0.717, 1.165) is 30.8 Å². The highest BCUT2D eigenvalue weighted by molar-refractivity contribution is 5.92. The van der Waals surface area contributed by atoms with Crippen LogP contribution in [-0.4, -0.2) is 61.7 Å². The van der Waals surface area contributed by atoms with E-state index < -0.39 is 0 Å². The van der Waals surface area contributed by atoms with E-state index in [9.17, 15) is 4.79 Å². The molecule has 0 spiro atoms. The number of para-hydroxylation sites is 1. The fourth-order valence-electron chi connectivity index (χ4n) is 3.25. The summed E-state index contributed by atoms with van der Waals surface area (Å²) in [4.78, 5) is 26.9. The van der Waals surface area contributed by atoms with E-state index in [-0.39, 0.29) is 11.9 Å². The summed E-state index contributed by atoms with van der Waals surface area (Å²) in [5.74, 6) is 0.499. The Hall–Kier alpha value is -3.33. The SMILES string of the molecule is CN(C(=O)c1cnc(NCc2ccccc2-n2cncn2)cn1)C1CCNC1. The van der Waals surface area contributed by atoms with E-state index in [0.29, 0.717) is 18.1 Å². The number of benzene rings is 1. The van der Waals surface area contributed by atoms with Crippen LogP contribution >= 0.6 is 0 Å². The molecule has 1 aliphatic heterocycles. The third kappa shape index (κ3) is 3.84. The lowest BCUT2D eigenvalue weighted by Gasteiger charge is -2.23. The summed E-state index contributed by atoms with van der Waals surface area (Å²) < 4.78 is 1.72. The van der Waals surface area contributed by atoms with Crippen LogP contribution in [0.15, 0.2) is 49.3 Å². The standard InChI is InChI=1S/C19H22N8O/c1-26(15-6-7-20-9-15)19(28)16-10-24-18(11-22-16)23-8-14-4-2-3-5-17(14)27-13-21-12-25-27/h2-5,10-13,15,20H,6-9H2,1H3,(H,23,24). The molecule has 144 valence electrons. The second-order valence-corrected chi connectivity index (χ2v) is 6.67. The number of carbonyl (C=O) groups is 1. The number of nitrogens with zero attached hydrogens (tertiary/aromatic N) is 6. The fourth-order valence-corrected chi connectivity index (χ4v) is 3.25. The minimum atomic E-state index is -0.107. The topological polar surface area (TPSA) is 101 Å². The molecule has 2 aromatic heterocycles. The predicted octanol–water partition coefficient (Wildman–Crippen LogP) is 1.10. The maximum Gasteiger partial charge on any atom is 0.274 e. The molecule has 1 atom stereocenters. The van der Waals surface area contributed by atoms with E-state index in [1.165, 1.54) is 12.5 Å². The molecule has 1 aliphatic rings. The van der Waals surface area contributed by atoms with Gasteiger partial charge < -0.3 is 15.5 Å². The molecule has 9 heteroatoms. The van der Waals surface area contributed by atoms with Crippen molar-refractivity contribution in [2.45, 2.75) is 19.0 Å². The minimum absolute atomic E-state index is 0.107. The first-order valence-corrected chi connectivity index (χ1v) is 9.19. The third-order valence-electron chi connectivity index (χ3n) is 4.89. The molecule has 0 saturated carbocycles. The number of hydrogen-bond acceptors (Lipinski definition) is 7. The summed E-state index contributed by atoms with van der Waals surface area (Å²) in [6.45, 7) is 2.30. The molecule has 28 heavy (non-hydrogen) atoms. The fraction of sp³-hybridized carbons (Fsp3) is 0.316. The summed E-state index contributed by atoms with van der Waals surface area (Å²) in [6.07, 6.45) is 7.24. The van der Waals surface area contributed by atoms with Gasteiger partial charge in [0.1, 0.15) is 24.2 Å². The molecular weight excluding hydrogens is 356 g/mol. The largest absolute Gasteiger partial charge is 0.365 e. The Morgan fingerprint density at radius 1 is 1.32 bits per heavy atom. The van der Waals surface area contributed by atoms with Gasteiger partial charge in [0, 0.05) is 26.2 Å². The lowest BCUT2D eigenvalue weighted by atomic mass is 10.2. The molecule has 0 radical (unpaired) electrons. The first-order chi connectivity index (χ1) is 13.7. The van der Waals surface area contributed by atoms with Crippen molar-refractivity contribution in [1.82, 2.24) is 34.9 Å². The normalized spacial score (nSPS) is 16.1. The van der Waals surface area contributed by atoms with E-state index in [2.05, 4.69) is 30.7 Å². The highest BCUT2D eigenvalue weighted by Gasteiger charge is 2.24. The smallest absolute Gasteiger partial charge is 0.274 e. The van der Waals surface area contributed by atoms with Gasteiger partial charge in [-0.05, 0) is 24.6 Å². The van der Waals surface area contributed by atoms with Crippen molar-refractivity contribution >= 4 is 11.7 Å². The van der Waals surface area contributed by atoms with Crippen molar-refractivity contribution in [3.63, 3.8) is 0 Å². The summed E-state index contributed by atoms with van der Waals surface area (Å²) in [6, 6.07) is 8.13. The highest BCUT2D eigenvalue weighted by atomic mass is 16.2. The maximum absolute atomic E-state index is 12.6. The van der Waals surface area contributed by atoms with Crippen molar-refractivity contribution in [2.24, 2.45) is 0 Å². The molecule has 1 aromatic carbocycles. The van der Waals surface area contributed by atoms with Crippen LogP contribution in [-0.2, 0) is 6.54 Å². The van der Waals surface area contributed by atoms with Crippen LogP contribution in [0, 0.1) is 0 Å². The number of hydrogen-bond donors (Lipinski definition) is 2. The molecule has 3 heterocycles. The number of amides is 1. The molecular formula is C19H22N8O. The zero-order valence-corrected chi connectivity index (χ0v) is 15.6. The van der Waals surface area contributed by atoms with Crippen LogP contribution in [0.5, 0.6) is 0 Å². The lowest BCUT2D eigenvalue weighted by molar-refractivity contribution is 0.0737. The quantitative estimate of drug-likeness (QED) is 0.662. The Labute approximate surface area is 162 Å². The van der Waals surface area contributed by atoms with Gasteiger partial charge in [0.15, 0.2) is 0 Å². The van der Waals surface area contributed by atoms with Crippen molar-refractivity contribution in [3.8, 4) is 5.69 Å². The predicted molar refractivity (Wildman–Crippen MR) is 104 cm³/mol. The van der Waals surface area contributed by atoms with E-state index in [1.807, 2.05) is 31.3 Å². The molecule has 9 nitrogen and oxygen atoms in total. The van der Waals surface area contributed by atoms with Gasteiger partial charge in [-0.3, -0.25) is 4.79 Å². The molecule has 4 rings (SSSR count). The zero-order valence-electron chi connectivity index (χ0n) is 15.6. The summed E-state index contributed by atoms with van der Waals surface area (Å²) in [5, 5.41) is 10.7. The molecule has 0 bridgehead atoms. The molecule has 2 N–H and O–H groups in total. The summed E-state index contributed by atoms with van der Waals surface area (Å²) in [5.41, 5.74) is 2.34. The Morgan fingerprint density at radius 3 is 2.93 bits per heavy atom. The average Bonchev–Trinajstić information content (AvgIpc) is 3.46. The molecule has 1 fully saturated rings. The number of nitrogens with one attached hydrogen (secondary N) is 2. The minimum Gasteiger partial charge on any atom is -0.365 e. The Bertz CT molecular complexity index is 919. The van der Waals surface area contributed by atoms with E-state index in [1.54, 1.807) is 22.1 Å². The van der Waals surface area contributed by atoms with Crippen LogP contribution in [0.25, 0.3) is 5.69 Å². The Balaban J connectivity index is 1.41. The van der Waals surface area contributed by atoms with E-state index >= 15 is 0 Å². The van der Waals surface area contributed by atoms with Gasteiger partial charge in [-0.1, -0.05) is 18.2 Å². The number of carbonyl (C=O) groups excluding carboxylic acids is 1. The Kier molecular flexibility index (Phi) is 5.24. The van der Waals surface area contributed by atoms with Gasteiger partial charge in [0.25, 0.3) is 5.91 Å². The van der Waals surface area contributed by atoms with Crippen LogP contribution in [0.2, 0.25) is 0 Å². The number of aromatic nitrogens is 5. The monoisotopic (exact) mass is 378 g/mol. The van der Waals surface area contributed by atoms with Gasteiger partial charge in [-0.2, -0.15) is 5.10 Å². The highest BCUT2D eigenvalue weighted by Crippen LogP contribution is 2.15. The maximum atomic E-state index is 12.6. The van der Waals surface area contributed by atoms with Crippen molar-refractivity contribution < 1.29 is 4.79 Å². The van der Waals surface area contributed by atoms with Gasteiger partial charge >= 0.3 is 0 Å². The van der Waals surface area contributed by atoms with Crippen molar-refractivity contribution in [3.05, 3.63) is 60.6 Å². The first-order valence-electron chi connectivity index (χ1n) is 9.19. The molecule has 1 amide bonds. The lowest BCUT2D eigenvalue weighted by Crippen LogP contribution is -2.38. The van der Waals surface area contributed by atoms with Gasteiger partial charge in [-0.15, -0.1) is 0 Å². The number of anilines is 1. The summed E-state index contributed by atoms with van der Waals surface area (Å²) in [7, 11) is 1.81. The van der Waals surface area contributed by atoms with E-state index in [4.69, 9.17) is 0 Å². The number of likely N-dealkylation sites (N-methyl/N-ethyl adjacent to an activating group) is 1. The Morgan fingerprint density at radius 2 is 2.21 bits per heavy atom. The van der Waals surface area contributed by atoms with Crippen LogP contribution < -0.4 is 10.6 Å². The van der Waals surface area contributed by atoms with Crippen molar-refractivity contribution in [1.29, 1.82) is 0 Å². The van der Waals surface area contributed by atoms with Crippen molar-refractivity contribution in [2.75, 3.05) is 25.5 Å². The van der Waals surface area contributed by atoms with Gasteiger partial charge in [-0.25, -0.2) is 19.6 Å². The summed E-state index contributed by atoms with van der Waals surface area (Å²) >= 11 is 0. The molecule has 1 unspecified atom stereocenters. The first kappa shape index (κ1) is 18.1. The van der Waals surface area contributed by atoms with Crippen LogP contribution in [0.4, 0.5) is 5.82 Å². The molecule has 3 aromatic rings. The van der Waals surface area contributed by atoms with Gasteiger partial charge in [0.05, 0.1) is 18.1 Å². The molecule has 0 aliphatic carbocycles. The molecule has 1 saturated heterocycles. The van der Waals surface area contributed by atoms with Gasteiger partial charge in [0.2, 0.25) is 0 Å². The zero-order chi connectivity index (χ0) is 19.3.